The summed E-state index contributed by atoms with van der Waals surface area (Å²) in [4.78, 5) is 19.9. The lowest BCUT2D eigenvalue weighted by molar-refractivity contribution is 0.129. The third-order valence-electron chi connectivity index (χ3n) is 0.551. The number of imide groups is 1. The fourth-order valence-electron chi connectivity index (χ4n) is 0.230. The molecular formula is C4H3Cl3NO3. The molecule has 0 saturated heterocycles. The van der Waals surface area contributed by atoms with Crippen molar-refractivity contribution in [2.45, 2.75) is 4.52 Å². The monoisotopic (exact) mass is 218 g/mol. The van der Waals surface area contributed by atoms with E-state index in [-0.39, 0.29) is 5.88 Å². The van der Waals surface area contributed by atoms with Crippen molar-refractivity contribution in [3.8, 4) is 0 Å². The summed E-state index contributed by atoms with van der Waals surface area (Å²) in [6.07, 6.45) is -0.0266. The van der Waals surface area contributed by atoms with Gasteiger partial charge >= 0.3 is 12.5 Å². The number of hydrogen-bond donors (Lipinski definition) is 1. The number of alkyl halides is 3. The van der Waals surface area contributed by atoms with Crippen LogP contribution >= 0.6 is 34.8 Å². The molecule has 0 aromatic heterocycles. The predicted octanol–water partition coefficient (Wildman–Crippen LogP) is 1.15. The zero-order valence-electron chi connectivity index (χ0n) is 5.07. The highest BCUT2D eigenvalue weighted by Gasteiger charge is 2.27. The van der Waals surface area contributed by atoms with Gasteiger partial charge in [0.05, 0.1) is 5.88 Å². The number of carbonyl (C=O) groups is 1. The molecule has 0 aliphatic carbocycles. The molecule has 0 atom stereocenters. The van der Waals surface area contributed by atoms with Crippen LogP contribution in [0.25, 0.3) is 0 Å². The van der Waals surface area contributed by atoms with E-state index in [1.165, 1.54) is 0 Å². The second-order valence-electron chi connectivity index (χ2n) is 1.39. The molecule has 0 bridgehead atoms. The van der Waals surface area contributed by atoms with Crippen molar-refractivity contribution in [2.24, 2.45) is 0 Å². The summed E-state index contributed by atoms with van der Waals surface area (Å²) in [5.41, 5.74) is 0. The standard InChI is InChI=1S/C4H3Cl3NO3/c5-1-4(6,7)11-3(10)8-2-9/h1H2,(H,8,9,10). The Bertz CT molecular complexity index is 161. The fraction of sp³-hybridized carbons (Fsp3) is 0.500. The van der Waals surface area contributed by atoms with E-state index in [0.29, 0.717) is 0 Å². The first-order chi connectivity index (χ1) is 5.02. The van der Waals surface area contributed by atoms with Gasteiger partial charge in [0, 0.05) is 0 Å². The number of halogens is 3. The van der Waals surface area contributed by atoms with Crippen molar-refractivity contribution in [2.75, 3.05) is 5.88 Å². The number of ether oxygens (including phenoxy) is 1. The fourth-order valence-corrected chi connectivity index (χ4v) is 0.425. The van der Waals surface area contributed by atoms with Gasteiger partial charge in [0.2, 0.25) is 0 Å². The van der Waals surface area contributed by atoms with E-state index in [2.05, 4.69) is 4.74 Å². The Morgan fingerprint density at radius 1 is 1.64 bits per heavy atom. The maximum absolute atomic E-state index is 10.4. The summed E-state index contributed by atoms with van der Waals surface area (Å²) >= 11 is 15.7. The van der Waals surface area contributed by atoms with Crippen LogP contribution in [0.1, 0.15) is 0 Å². The summed E-state index contributed by atoms with van der Waals surface area (Å²) in [6, 6.07) is 0. The summed E-state index contributed by atoms with van der Waals surface area (Å²) in [5.74, 6) is -0.303. The van der Waals surface area contributed by atoms with Gasteiger partial charge in [-0.3, -0.25) is 10.1 Å². The van der Waals surface area contributed by atoms with Crippen LogP contribution in [0.3, 0.4) is 0 Å². The quantitative estimate of drug-likeness (QED) is 0.572. The van der Waals surface area contributed by atoms with Crippen molar-refractivity contribution in [3.05, 3.63) is 0 Å². The SMILES string of the molecule is O=[C]NC(=O)OC(Cl)(Cl)CCl. The van der Waals surface area contributed by atoms with Gasteiger partial charge in [-0.15, -0.1) is 11.6 Å². The molecule has 0 heterocycles. The van der Waals surface area contributed by atoms with E-state index in [0.717, 1.165) is 6.41 Å². The van der Waals surface area contributed by atoms with E-state index < -0.39 is 10.6 Å². The van der Waals surface area contributed by atoms with Gasteiger partial charge in [-0.1, -0.05) is 23.2 Å². The summed E-state index contributed by atoms with van der Waals surface area (Å²) < 4.78 is 2.40. The Hall–Kier alpha value is -0.190. The number of carbonyl (C=O) groups excluding carboxylic acids is 2. The third-order valence-corrected chi connectivity index (χ3v) is 1.62. The molecule has 4 nitrogen and oxygen atoms in total. The van der Waals surface area contributed by atoms with Crippen LogP contribution in [0.15, 0.2) is 0 Å². The minimum atomic E-state index is -1.82. The molecule has 0 aromatic rings. The average Bonchev–Trinajstić information content (AvgIpc) is 1.87. The Kier molecular flexibility index (Phi) is 4.56. The minimum Gasteiger partial charge on any atom is -0.411 e. The topological polar surface area (TPSA) is 55.4 Å². The number of alkyl carbamates (subject to hydrolysis) is 1. The normalized spacial score (nSPS) is 10.5. The van der Waals surface area contributed by atoms with Crippen LogP contribution in [-0.4, -0.2) is 22.9 Å². The highest BCUT2D eigenvalue weighted by atomic mass is 35.5. The first-order valence-corrected chi connectivity index (χ1v) is 3.61. The van der Waals surface area contributed by atoms with E-state index in [1.54, 1.807) is 5.32 Å². The molecule has 2 amide bonds. The maximum Gasteiger partial charge on any atom is 0.416 e. The summed E-state index contributed by atoms with van der Waals surface area (Å²) in [6.45, 7) is 0. The van der Waals surface area contributed by atoms with Gasteiger partial charge < -0.3 is 4.74 Å². The molecule has 1 N–H and O–H groups in total. The third kappa shape index (κ3) is 5.12. The van der Waals surface area contributed by atoms with Gasteiger partial charge in [0.25, 0.3) is 4.52 Å². The van der Waals surface area contributed by atoms with Crippen molar-refractivity contribution in [1.82, 2.24) is 5.32 Å². The number of rotatable bonds is 3. The lowest BCUT2D eigenvalue weighted by Crippen LogP contribution is -2.31. The molecule has 0 aliphatic rings. The zero-order chi connectivity index (χ0) is 8.91. The molecule has 63 valence electrons. The average molecular weight is 219 g/mol. The van der Waals surface area contributed by atoms with E-state index in [9.17, 15) is 9.59 Å². The maximum atomic E-state index is 10.4. The number of amides is 2. The Morgan fingerprint density at radius 2 is 2.18 bits per heavy atom. The van der Waals surface area contributed by atoms with Crippen molar-refractivity contribution < 1.29 is 14.3 Å². The molecule has 0 aromatic carbocycles. The Balaban J connectivity index is 3.82. The van der Waals surface area contributed by atoms with E-state index in [4.69, 9.17) is 34.8 Å². The Labute approximate surface area is 77.7 Å². The van der Waals surface area contributed by atoms with Gasteiger partial charge in [0.1, 0.15) is 0 Å². The summed E-state index contributed by atoms with van der Waals surface area (Å²) in [7, 11) is 0. The van der Waals surface area contributed by atoms with E-state index in [1.807, 2.05) is 0 Å². The highest BCUT2D eigenvalue weighted by molar-refractivity contribution is 6.50. The van der Waals surface area contributed by atoms with Crippen molar-refractivity contribution in [1.29, 1.82) is 0 Å². The van der Waals surface area contributed by atoms with Gasteiger partial charge in [0.15, 0.2) is 0 Å². The van der Waals surface area contributed by atoms with Crippen LogP contribution in [0.4, 0.5) is 4.79 Å². The molecule has 0 aliphatic heterocycles. The van der Waals surface area contributed by atoms with E-state index >= 15 is 0 Å². The molecule has 7 heteroatoms. The second-order valence-corrected chi connectivity index (χ2v) is 3.07. The molecule has 0 spiro atoms. The van der Waals surface area contributed by atoms with Gasteiger partial charge in [-0.05, 0) is 0 Å². The molecule has 0 saturated carbocycles. The van der Waals surface area contributed by atoms with Crippen molar-refractivity contribution >= 4 is 47.3 Å². The number of nitrogens with one attached hydrogen (secondary N) is 1. The first-order valence-electron chi connectivity index (χ1n) is 2.32. The number of hydrogen-bond acceptors (Lipinski definition) is 3. The molecule has 0 rings (SSSR count). The van der Waals surface area contributed by atoms with Crippen LogP contribution in [0.2, 0.25) is 0 Å². The van der Waals surface area contributed by atoms with Crippen molar-refractivity contribution in [3.63, 3.8) is 0 Å². The molecule has 1 radical (unpaired) electrons. The zero-order valence-corrected chi connectivity index (χ0v) is 7.33. The van der Waals surface area contributed by atoms with Crippen LogP contribution < -0.4 is 5.32 Å². The van der Waals surface area contributed by atoms with Gasteiger partial charge in [-0.2, -0.15) is 0 Å². The largest absolute Gasteiger partial charge is 0.416 e. The predicted molar refractivity (Wildman–Crippen MR) is 40.5 cm³/mol. The molecule has 0 unspecified atom stereocenters. The highest BCUT2D eigenvalue weighted by Crippen LogP contribution is 2.23. The van der Waals surface area contributed by atoms with Crippen LogP contribution in [-0.2, 0) is 9.53 Å². The molecule has 0 fully saturated rings. The minimum absolute atomic E-state index is 0.303. The first kappa shape index (κ1) is 10.8. The lowest BCUT2D eigenvalue weighted by Gasteiger charge is -2.15. The second kappa shape index (κ2) is 4.64. The van der Waals surface area contributed by atoms with Crippen LogP contribution in [0.5, 0.6) is 0 Å². The molecule has 11 heavy (non-hydrogen) atoms. The summed E-state index contributed by atoms with van der Waals surface area (Å²) in [5, 5.41) is 1.54. The van der Waals surface area contributed by atoms with Gasteiger partial charge in [-0.25, -0.2) is 4.79 Å². The lowest BCUT2D eigenvalue weighted by atomic mass is 10.8. The molecular weight excluding hydrogens is 216 g/mol. The Morgan fingerprint density at radius 3 is 2.55 bits per heavy atom. The van der Waals surface area contributed by atoms with Crippen LogP contribution in [0, 0.1) is 0 Å². The smallest absolute Gasteiger partial charge is 0.411 e.